The molecule has 4 aromatic rings. The maximum absolute atomic E-state index is 12.9. The van der Waals surface area contributed by atoms with Crippen molar-refractivity contribution in [3.05, 3.63) is 71.4 Å². The van der Waals surface area contributed by atoms with Crippen molar-refractivity contribution in [3.63, 3.8) is 0 Å². The van der Waals surface area contributed by atoms with Gasteiger partial charge in [-0.05, 0) is 19.4 Å². The van der Waals surface area contributed by atoms with Crippen LogP contribution in [-0.4, -0.2) is 29.9 Å². The lowest BCUT2D eigenvalue weighted by Crippen LogP contribution is -2.16. The molecule has 1 aromatic carbocycles. The lowest BCUT2D eigenvalue weighted by molar-refractivity contribution is 0.0979. The third-order valence-electron chi connectivity index (χ3n) is 4.82. The van der Waals surface area contributed by atoms with E-state index in [0.717, 1.165) is 17.7 Å². The molecule has 7 heteroatoms. The quantitative estimate of drug-likeness (QED) is 0.447. The predicted molar refractivity (Wildman–Crippen MR) is 109 cm³/mol. The standard InChI is InChI=1S/C21H20ClN5O/c1-3-14(2)27-20(17(22)12-23-27)19(28)11-16-9-10-26-13-18(25-21(26)24-16)15-7-5-4-6-8-15/h4-10,12-14H,3,11H2,1-2H3. The van der Waals surface area contributed by atoms with Crippen molar-refractivity contribution in [1.82, 2.24) is 24.1 Å². The van der Waals surface area contributed by atoms with Crippen molar-refractivity contribution in [2.45, 2.75) is 32.7 Å². The van der Waals surface area contributed by atoms with Gasteiger partial charge in [-0.25, -0.2) is 9.97 Å². The van der Waals surface area contributed by atoms with E-state index in [2.05, 4.69) is 15.1 Å². The third kappa shape index (κ3) is 3.43. The number of aromatic nitrogens is 5. The van der Waals surface area contributed by atoms with E-state index in [1.54, 1.807) is 4.68 Å². The normalized spacial score (nSPS) is 12.4. The average molecular weight is 394 g/mol. The molecule has 0 aliphatic carbocycles. The number of rotatable bonds is 6. The number of nitrogens with zero attached hydrogens (tertiary/aromatic N) is 5. The Labute approximate surface area is 167 Å². The average Bonchev–Trinajstić information content (AvgIpc) is 3.31. The molecular weight excluding hydrogens is 374 g/mol. The van der Waals surface area contributed by atoms with Gasteiger partial charge in [0.1, 0.15) is 5.69 Å². The van der Waals surface area contributed by atoms with Gasteiger partial charge in [-0.1, -0.05) is 48.9 Å². The van der Waals surface area contributed by atoms with Crippen LogP contribution in [0.4, 0.5) is 0 Å². The van der Waals surface area contributed by atoms with E-state index >= 15 is 0 Å². The molecule has 0 fully saturated rings. The Morgan fingerprint density at radius 2 is 1.96 bits per heavy atom. The first kappa shape index (κ1) is 18.4. The van der Waals surface area contributed by atoms with E-state index in [1.165, 1.54) is 6.20 Å². The van der Waals surface area contributed by atoms with Crippen LogP contribution in [0.15, 0.2) is 55.0 Å². The maximum Gasteiger partial charge on any atom is 0.234 e. The summed E-state index contributed by atoms with van der Waals surface area (Å²) in [4.78, 5) is 22.0. The lowest BCUT2D eigenvalue weighted by Gasteiger charge is -2.13. The Bertz CT molecular complexity index is 1130. The number of carbonyl (C=O) groups is 1. The minimum atomic E-state index is -0.102. The summed E-state index contributed by atoms with van der Waals surface area (Å²) in [6.45, 7) is 4.06. The van der Waals surface area contributed by atoms with E-state index in [9.17, 15) is 4.79 Å². The fourth-order valence-corrected chi connectivity index (χ4v) is 3.35. The number of hydrogen-bond acceptors (Lipinski definition) is 4. The fraction of sp³-hybridized carbons (Fsp3) is 0.238. The number of hydrogen-bond donors (Lipinski definition) is 0. The van der Waals surface area contributed by atoms with E-state index < -0.39 is 0 Å². The van der Waals surface area contributed by atoms with Crippen molar-refractivity contribution in [2.24, 2.45) is 0 Å². The summed E-state index contributed by atoms with van der Waals surface area (Å²) in [6.07, 6.45) is 6.33. The van der Waals surface area contributed by atoms with Gasteiger partial charge in [-0.15, -0.1) is 0 Å². The molecule has 142 valence electrons. The number of halogens is 1. The molecule has 0 amide bonds. The Kier molecular flexibility index (Phi) is 4.96. The monoisotopic (exact) mass is 393 g/mol. The molecule has 0 spiro atoms. The first-order valence-electron chi connectivity index (χ1n) is 9.23. The summed E-state index contributed by atoms with van der Waals surface area (Å²) in [5.74, 6) is 0.458. The van der Waals surface area contributed by atoms with Crippen molar-refractivity contribution >= 4 is 23.2 Å². The van der Waals surface area contributed by atoms with Gasteiger partial charge in [0.2, 0.25) is 5.78 Å². The first-order valence-corrected chi connectivity index (χ1v) is 9.61. The molecule has 0 saturated heterocycles. The summed E-state index contributed by atoms with van der Waals surface area (Å²) in [5, 5.41) is 4.64. The SMILES string of the molecule is CCC(C)n1ncc(Cl)c1C(=O)Cc1ccn2cc(-c3ccccc3)nc2n1. The van der Waals surface area contributed by atoms with Gasteiger partial charge in [0, 0.05) is 24.0 Å². The molecule has 0 aliphatic heterocycles. The molecule has 3 aromatic heterocycles. The number of fused-ring (bicyclic) bond motifs is 1. The second-order valence-electron chi connectivity index (χ2n) is 6.76. The highest BCUT2D eigenvalue weighted by Crippen LogP contribution is 2.23. The molecule has 3 heterocycles. The van der Waals surface area contributed by atoms with E-state index in [1.807, 2.05) is 67.0 Å². The molecule has 0 N–H and O–H groups in total. The fourth-order valence-electron chi connectivity index (χ4n) is 3.11. The highest BCUT2D eigenvalue weighted by atomic mass is 35.5. The van der Waals surface area contributed by atoms with Crippen LogP contribution in [0.3, 0.4) is 0 Å². The first-order chi connectivity index (χ1) is 13.6. The van der Waals surface area contributed by atoms with Crippen molar-refractivity contribution in [1.29, 1.82) is 0 Å². The summed E-state index contributed by atoms with van der Waals surface area (Å²) in [7, 11) is 0. The van der Waals surface area contributed by atoms with Crippen LogP contribution >= 0.6 is 11.6 Å². The third-order valence-corrected chi connectivity index (χ3v) is 5.09. The van der Waals surface area contributed by atoms with Crippen molar-refractivity contribution < 1.29 is 4.79 Å². The van der Waals surface area contributed by atoms with Gasteiger partial charge in [-0.2, -0.15) is 5.10 Å². The topological polar surface area (TPSA) is 65.1 Å². The number of imidazole rings is 1. The second kappa shape index (κ2) is 7.56. The van der Waals surface area contributed by atoms with Gasteiger partial charge in [0.15, 0.2) is 5.78 Å². The number of benzene rings is 1. The number of ketones is 1. The second-order valence-corrected chi connectivity index (χ2v) is 7.17. The highest BCUT2D eigenvalue weighted by molar-refractivity contribution is 6.33. The zero-order valence-corrected chi connectivity index (χ0v) is 16.5. The Hall–Kier alpha value is -2.99. The van der Waals surface area contributed by atoms with Crippen LogP contribution in [0, 0.1) is 0 Å². The Balaban J connectivity index is 1.62. The molecule has 0 radical (unpaired) electrons. The largest absolute Gasteiger partial charge is 0.292 e. The number of Topliss-reactive ketones (excluding diaryl/α,β-unsaturated/α-hetero) is 1. The van der Waals surface area contributed by atoms with Crippen LogP contribution in [0.25, 0.3) is 17.0 Å². The van der Waals surface area contributed by atoms with Gasteiger partial charge in [-0.3, -0.25) is 13.9 Å². The maximum atomic E-state index is 12.9. The van der Waals surface area contributed by atoms with Crippen molar-refractivity contribution in [2.75, 3.05) is 0 Å². The molecule has 0 aliphatic rings. The minimum Gasteiger partial charge on any atom is -0.292 e. The number of carbonyl (C=O) groups excluding carboxylic acids is 1. The van der Waals surface area contributed by atoms with Gasteiger partial charge in [0.05, 0.1) is 29.0 Å². The Morgan fingerprint density at radius 3 is 2.71 bits per heavy atom. The summed E-state index contributed by atoms with van der Waals surface area (Å²) < 4.78 is 3.55. The van der Waals surface area contributed by atoms with E-state index in [-0.39, 0.29) is 18.2 Å². The van der Waals surface area contributed by atoms with Gasteiger partial charge >= 0.3 is 0 Å². The summed E-state index contributed by atoms with van der Waals surface area (Å²) >= 11 is 6.23. The smallest absolute Gasteiger partial charge is 0.234 e. The molecular formula is C21H20ClN5O. The zero-order valence-electron chi connectivity index (χ0n) is 15.7. The molecule has 1 atom stereocenters. The highest BCUT2D eigenvalue weighted by Gasteiger charge is 2.21. The summed E-state index contributed by atoms with van der Waals surface area (Å²) in [6, 6.07) is 11.9. The van der Waals surface area contributed by atoms with Crippen LogP contribution in [0.1, 0.15) is 42.5 Å². The van der Waals surface area contributed by atoms with Gasteiger partial charge in [0.25, 0.3) is 0 Å². The molecule has 6 nitrogen and oxygen atoms in total. The van der Waals surface area contributed by atoms with Gasteiger partial charge < -0.3 is 0 Å². The van der Waals surface area contributed by atoms with E-state index in [4.69, 9.17) is 11.6 Å². The van der Waals surface area contributed by atoms with Crippen LogP contribution in [0.5, 0.6) is 0 Å². The van der Waals surface area contributed by atoms with E-state index in [0.29, 0.717) is 22.2 Å². The van der Waals surface area contributed by atoms with Crippen LogP contribution in [-0.2, 0) is 6.42 Å². The molecule has 4 rings (SSSR count). The van der Waals surface area contributed by atoms with Crippen molar-refractivity contribution in [3.8, 4) is 11.3 Å². The zero-order chi connectivity index (χ0) is 19.7. The van der Waals surface area contributed by atoms with Crippen LogP contribution in [0.2, 0.25) is 5.02 Å². The molecule has 0 saturated carbocycles. The minimum absolute atomic E-state index is 0.0996. The molecule has 0 bridgehead atoms. The Morgan fingerprint density at radius 1 is 1.18 bits per heavy atom. The predicted octanol–water partition coefficient (Wildman–Crippen LogP) is 4.64. The lowest BCUT2D eigenvalue weighted by atomic mass is 10.1. The van der Waals surface area contributed by atoms with Crippen LogP contribution < -0.4 is 0 Å². The molecule has 28 heavy (non-hydrogen) atoms. The molecule has 1 unspecified atom stereocenters. The summed E-state index contributed by atoms with van der Waals surface area (Å²) in [5.41, 5.74) is 2.95.